The number of ether oxygens (including phenoxy) is 2. The zero-order valence-electron chi connectivity index (χ0n) is 17.6. The van der Waals surface area contributed by atoms with E-state index in [9.17, 15) is 17.6 Å². The van der Waals surface area contributed by atoms with Gasteiger partial charge in [0.2, 0.25) is 5.96 Å². The van der Waals surface area contributed by atoms with Crippen LogP contribution in [0.3, 0.4) is 0 Å². The Morgan fingerprint density at radius 1 is 0.939 bits per heavy atom. The molecule has 0 saturated heterocycles. The summed E-state index contributed by atoms with van der Waals surface area (Å²) in [5.41, 5.74) is 4.88. The van der Waals surface area contributed by atoms with Crippen molar-refractivity contribution in [3.05, 3.63) is 71.8 Å². The lowest BCUT2D eigenvalue weighted by Gasteiger charge is -2.05. The SMILES string of the molecule is CC1CN=C(NN=C(/C=C/c2ccc(OC(F)F)cc2)/C=C/c2ccc(OC(F)F)cc2)N1. The molecule has 0 aromatic heterocycles. The summed E-state index contributed by atoms with van der Waals surface area (Å²) in [4.78, 5) is 4.28. The maximum absolute atomic E-state index is 12.3. The maximum atomic E-state index is 12.3. The topological polar surface area (TPSA) is 67.2 Å². The molecule has 2 aromatic rings. The Morgan fingerprint density at radius 3 is 1.82 bits per heavy atom. The van der Waals surface area contributed by atoms with Crippen LogP contribution in [0.4, 0.5) is 17.6 Å². The molecule has 1 aliphatic rings. The third kappa shape index (κ3) is 8.32. The molecule has 10 heteroatoms. The van der Waals surface area contributed by atoms with Gasteiger partial charge in [-0.25, -0.2) is 10.4 Å². The van der Waals surface area contributed by atoms with Crippen LogP contribution in [0, 0.1) is 0 Å². The summed E-state index contributed by atoms with van der Waals surface area (Å²) < 4.78 is 57.9. The summed E-state index contributed by atoms with van der Waals surface area (Å²) >= 11 is 0. The van der Waals surface area contributed by atoms with Gasteiger partial charge >= 0.3 is 13.2 Å². The summed E-state index contributed by atoms with van der Waals surface area (Å²) in [5.74, 6) is 0.677. The van der Waals surface area contributed by atoms with E-state index in [1.807, 2.05) is 6.92 Å². The lowest BCUT2D eigenvalue weighted by atomic mass is 10.1. The van der Waals surface area contributed by atoms with E-state index in [0.717, 1.165) is 11.1 Å². The Kier molecular flexibility index (Phi) is 8.45. The van der Waals surface area contributed by atoms with Crippen LogP contribution in [-0.4, -0.2) is 37.5 Å². The molecular formula is C23H22F4N4O2. The third-order valence-electron chi connectivity index (χ3n) is 4.30. The Balaban J connectivity index is 1.73. The van der Waals surface area contributed by atoms with E-state index in [4.69, 9.17) is 0 Å². The van der Waals surface area contributed by atoms with Crippen molar-refractivity contribution in [1.29, 1.82) is 0 Å². The summed E-state index contributed by atoms with van der Waals surface area (Å²) in [6, 6.07) is 12.5. The molecule has 1 aliphatic heterocycles. The summed E-state index contributed by atoms with van der Waals surface area (Å²) in [6.07, 6.45) is 6.95. The number of alkyl halides is 4. The van der Waals surface area contributed by atoms with Crippen LogP contribution in [-0.2, 0) is 0 Å². The van der Waals surface area contributed by atoms with Crippen molar-refractivity contribution in [2.24, 2.45) is 10.1 Å². The average molecular weight is 462 g/mol. The molecular weight excluding hydrogens is 440 g/mol. The molecule has 6 nitrogen and oxygen atoms in total. The molecule has 33 heavy (non-hydrogen) atoms. The minimum absolute atomic E-state index is 0.0660. The highest BCUT2D eigenvalue weighted by atomic mass is 19.3. The highest BCUT2D eigenvalue weighted by molar-refractivity contribution is 6.09. The number of benzene rings is 2. The Labute approximate surface area is 188 Å². The van der Waals surface area contributed by atoms with Crippen molar-refractivity contribution in [2.45, 2.75) is 26.2 Å². The molecule has 3 rings (SSSR count). The molecule has 174 valence electrons. The van der Waals surface area contributed by atoms with E-state index in [1.165, 1.54) is 24.3 Å². The number of allylic oxidation sites excluding steroid dienone is 2. The first kappa shape index (κ1) is 23.8. The van der Waals surface area contributed by atoms with E-state index >= 15 is 0 Å². The van der Waals surface area contributed by atoms with Gasteiger partial charge in [-0.3, -0.25) is 0 Å². The van der Waals surface area contributed by atoms with Crippen molar-refractivity contribution in [1.82, 2.24) is 10.7 Å². The molecule has 0 bridgehead atoms. The van der Waals surface area contributed by atoms with E-state index in [2.05, 4.69) is 30.3 Å². The Bertz CT molecular complexity index is 954. The normalized spacial score (nSPS) is 15.7. The van der Waals surface area contributed by atoms with Crippen molar-refractivity contribution < 1.29 is 27.0 Å². The Morgan fingerprint density at radius 2 is 1.42 bits per heavy atom. The van der Waals surface area contributed by atoms with Gasteiger partial charge < -0.3 is 14.8 Å². The zero-order valence-corrected chi connectivity index (χ0v) is 17.6. The zero-order chi connectivity index (χ0) is 23.6. The number of rotatable bonds is 9. The van der Waals surface area contributed by atoms with Gasteiger partial charge in [-0.1, -0.05) is 36.4 Å². The van der Waals surface area contributed by atoms with Crippen LogP contribution in [0.25, 0.3) is 12.2 Å². The van der Waals surface area contributed by atoms with Crippen molar-refractivity contribution in [3.63, 3.8) is 0 Å². The minimum atomic E-state index is -2.88. The van der Waals surface area contributed by atoms with Gasteiger partial charge in [0.25, 0.3) is 0 Å². The van der Waals surface area contributed by atoms with E-state index < -0.39 is 13.2 Å². The number of halogens is 4. The van der Waals surface area contributed by atoms with Crippen LogP contribution in [0.5, 0.6) is 11.5 Å². The van der Waals surface area contributed by atoms with E-state index in [0.29, 0.717) is 18.2 Å². The fourth-order valence-corrected chi connectivity index (χ4v) is 2.75. The third-order valence-corrected chi connectivity index (χ3v) is 4.30. The molecule has 2 N–H and O–H groups in total. The number of hydrazone groups is 1. The number of hydrogen-bond acceptors (Lipinski definition) is 6. The number of hydrogen-bond donors (Lipinski definition) is 2. The van der Waals surface area contributed by atoms with Crippen molar-refractivity contribution in [2.75, 3.05) is 6.54 Å². The van der Waals surface area contributed by atoms with Gasteiger partial charge in [-0.05, 0) is 54.5 Å². The Hall–Kier alpha value is -3.82. The summed E-state index contributed by atoms with van der Waals surface area (Å²) in [6.45, 7) is -3.14. The van der Waals surface area contributed by atoms with Crippen molar-refractivity contribution >= 4 is 23.8 Å². The quantitative estimate of drug-likeness (QED) is 0.316. The van der Waals surface area contributed by atoms with Gasteiger partial charge in [0, 0.05) is 6.04 Å². The number of aliphatic imine (C=N–C) groups is 1. The summed E-state index contributed by atoms with van der Waals surface area (Å²) in [5, 5.41) is 7.47. The minimum Gasteiger partial charge on any atom is -0.435 e. The fraction of sp³-hybridized carbons (Fsp3) is 0.217. The molecule has 0 amide bonds. The van der Waals surface area contributed by atoms with Crippen LogP contribution >= 0.6 is 0 Å². The second-order valence-electron chi connectivity index (χ2n) is 6.94. The first-order valence-corrected chi connectivity index (χ1v) is 9.98. The maximum Gasteiger partial charge on any atom is 0.387 e. The largest absolute Gasteiger partial charge is 0.435 e. The van der Waals surface area contributed by atoms with Gasteiger partial charge in [0.05, 0.1) is 12.3 Å². The summed E-state index contributed by atoms with van der Waals surface area (Å²) in [7, 11) is 0. The van der Waals surface area contributed by atoms with Gasteiger partial charge in [0.1, 0.15) is 11.5 Å². The van der Waals surface area contributed by atoms with Crippen molar-refractivity contribution in [3.8, 4) is 11.5 Å². The molecule has 1 atom stereocenters. The molecule has 0 saturated carbocycles. The highest BCUT2D eigenvalue weighted by Crippen LogP contribution is 2.17. The molecule has 1 unspecified atom stereocenters. The molecule has 0 fully saturated rings. The van der Waals surface area contributed by atoms with Crippen LogP contribution in [0.1, 0.15) is 18.1 Å². The molecule has 2 aromatic carbocycles. The van der Waals surface area contributed by atoms with E-state index in [-0.39, 0.29) is 17.5 Å². The van der Waals surface area contributed by atoms with Crippen LogP contribution < -0.4 is 20.2 Å². The molecule has 0 spiro atoms. The van der Waals surface area contributed by atoms with E-state index in [1.54, 1.807) is 48.6 Å². The molecule has 0 radical (unpaired) electrons. The highest BCUT2D eigenvalue weighted by Gasteiger charge is 2.11. The first-order chi connectivity index (χ1) is 15.9. The monoisotopic (exact) mass is 462 g/mol. The number of nitrogens with one attached hydrogen (secondary N) is 2. The predicted octanol–water partition coefficient (Wildman–Crippen LogP) is 4.91. The lowest BCUT2D eigenvalue weighted by molar-refractivity contribution is -0.0505. The molecule has 1 heterocycles. The smallest absolute Gasteiger partial charge is 0.387 e. The van der Waals surface area contributed by atoms with Crippen LogP contribution in [0.15, 0.2) is 70.8 Å². The second-order valence-corrected chi connectivity index (χ2v) is 6.94. The fourth-order valence-electron chi connectivity index (χ4n) is 2.75. The van der Waals surface area contributed by atoms with Gasteiger partial charge in [0.15, 0.2) is 0 Å². The van der Waals surface area contributed by atoms with Gasteiger partial charge in [-0.2, -0.15) is 22.7 Å². The standard InChI is InChI=1S/C23H22F4N4O2/c1-15-14-28-23(29-15)31-30-18(8-2-16-4-10-19(11-5-16)32-21(24)25)9-3-17-6-12-20(13-7-17)33-22(26)27/h2-13,15,21-22H,14H2,1H3,(H2,28,29,31)/b8-2+,9-3+. The average Bonchev–Trinajstić information content (AvgIpc) is 3.19. The lowest BCUT2D eigenvalue weighted by Crippen LogP contribution is -2.35. The molecule has 0 aliphatic carbocycles. The van der Waals surface area contributed by atoms with Crippen LogP contribution in [0.2, 0.25) is 0 Å². The second kappa shape index (κ2) is 11.7. The number of nitrogens with zero attached hydrogens (tertiary/aromatic N) is 2. The number of guanidine groups is 1. The van der Waals surface area contributed by atoms with Gasteiger partial charge in [-0.15, -0.1) is 0 Å². The first-order valence-electron chi connectivity index (χ1n) is 9.98. The predicted molar refractivity (Wildman–Crippen MR) is 120 cm³/mol.